The predicted octanol–water partition coefficient (Wildman–Crippen LogP) is 2.83. The van der Waals surface area contributed by atoms with E-state index in [1.54, 1.807) is 0 Å². The molecule has 0 aromatic heterocycles. The molecule has 0 heterocycles. The van der Waals surface area contributed by atoms with Gasteiger partial charge in [-0.1, -0.05) is 45.4 Å². The van der Waals surface area contributed by atoms with Crippen molar-refractivity contribution in [2.45, 2.75) is 58.3 Å². The van der Waals surface area contributed by atoms with Gasteiger partial charge in [-0.2, -0.15) is 0 Å². The Kier molecular flexibility index (Phi) is 9.59. The fourth-order valence-corrected chi connectivity index (χ4v) is 1.34. The first-order valence-corrected chi connectivity index (χ1v) is 5.44. The Labute approximate surface area is 85.8 Å². The lowest BCUT2D eigenvalue weighted by Crippen LogP contribution is -2.01. The molecule has 0 saturated carbocycles. The first-order valence-electron chi connectivity index (χ1n) is 5.44. The van der Waals surface area contributed by atoms with E-state index < -0.39 is 5.97 Å². The molecular weight excluding hydrogens is 180 g/mol. The Morgan fingerprint density at radius 2 is 1.64 bits per heavy atom. The van der Waals surface area contributed by atoms with Crippen molar-refractivity contribution in [2.75, 3.05) is 0 Å². The van der Waals surface area contributed by atoms with E-state index in [1.807, 2.05) is 0 Å². The van der Waals surface area contributed by atoms with Crippen molar-refractivity contribution in [1.29, 1.82) is 0 Å². The van der Waals surface area contributed by atoms with Gasteiger partial charge < -0.3 is 4.74 Å². The van der Waals surface area contributed by atoms with Crippen LogP contribution in [0.4, 0.5) is 0 Å². The fraction of sp³-hybridized carbons (Fsp3) is 0.818. The molecule has 0 N–H and O–H groups in total. The van der Waals surface area contributed by atoms with Gasteiger partial charge in [0, 0.05) is 6.42 Å². The molecule has 82 valence electrons. The lowest BCUT2D eigenvalue weighted by atomic mass is 10.1. The smallest absolute Gasteiger partial charge is 0.313 e. The summed E-state index contributed by atoms with van der Waals surface area (Å²) in [5.74, 6) is -0.409. The SMILES string of the molecule is CCCCCCCCCC(=O)OC=O. The van der Waals surface area contributed by atoms with Crippen LogP contribution in [0.2, 0.25) is 0 Å². The summed E-state index contributed by atoms with van der Waals surface area (Å²) in [7, 11) is 0. The van der Waals surface area contributed by atoms with Gasteiger partial charge in [-0.15, -0.1) is 0 Å². The van der Waals surface area contributed by atoms with E-state index in [9.17, 15) is 9.59 Å². The van der Waals surface area contributed by atoms with E-state index in [0.29, 0.717) is 6.42 Å². The molecule has 14 heavy (non-hydrogen) atoms. The van der Waals surface area contributed by atoms with E-state index >= 15 is 0 Å². The lowest BCUT2D eigenvalue weighted by molar-refractivity contribution is -0.151. The summed E-state index contributed by atoms with van der Waals surface area (Å²) in [6, 6.07) is 0. The molecule has 0 fully saturated rings. The van der Waals surface area contributed by atoms with E-state index in [2.05, 4.69) is 11.7 Å². The van der Waals surface area contributed by atoms with Crippen molar-refractivity contribution >= 4 is 12.4 Å². The highest BCUT2D eigenvalue weighted by atomic mass is 16.6. The summed E-state index contributed by atoms with van der Waals surface area (Å²) < 4.78 is 4.17. The van der Waals surface area contributed by atoms with Crippen molar-refractivity contribution in [3.63, 3.8) is 0 Å². The molecule has 0 radical (unpaired) electrons. The molecule has 0 spiro atoms. The molecule has 0 aromatic carbocycles. The van der Waals surface area contributed by atoms with Gasteiger partial charge in [-0.3, -0.25) is 9.59 Å². The zero-order valence-corrected chi connectivity index (χ0v) is 8.96. The first kappa shape index (κ1) is 13.1. The Bertz CT molecular complexity index is 155. The van der Waals surface area contributed by atoms with Gasteiger partial charge in [0.15, 0.2) is 0 Å². The fourth-order valence-electron chi connectivity index (χ4n) is 1.34. The minimum atomic E-state index is -0.409. The van der Waals surface area contributed by atoms with E-state index in [4.69, 9.17) is 0 Å². The lowest BCUT2D eigenvalue weighted by Gasteiger charge is -1.99. The number of rotatable bonds is 9. The van der Waals surface area contributed by atoms with Crippen LogP contribution < -0.4 is 0 Å². The summed E-state index contributed by atoms with van der Waals surface area (Å²) in [5, 5.41) is 0. The van der Waals surface area contributed by atoms with Gasteiger partial charge in [0.25, 0.3) is 0 Å². The number of hydrogen-bond acceptors (Lipinski definition) is 3. The molecule has 0 bridgehead atoms. The summed E-state index contributed by atoms with van der Waals surface area (Å²) in [6.45, 7) is 2.39. The van der Waals surface area contributed by atoms with Crippen molar-refractivity contribution in [3.8, 4) is 0 Å². The zero-order valence-electron chi connectivity index (χ0n) is 8.96. The number of unbranched alkanes of at least 4 members (excludes halogenated alkanes) is 6. The molecule has 0 atom stereocenters. The van der Waals surface area contributed by atoms with Gasteiger partial charge in [0.05, 0.1) is 0 Å². The van der Waals surface area contributed by atoms with Crippen LogP contribution in [0, 0.1) is 0 Å². The molecule has 0 aliphatic carbocycles. The highest BCUT2D eigenvalue weighted by molar-refractivity contribution is 5.76. The van der Waals surface area contributed by atoms with E-state index in [1.165, 1.54) is 32.1 Å². The predicted molar refractivity (Wildman–Crippen MR) is 54.8 cm³/mol. The van der Waals surface area contributed by atoms with Gasteiger partial charge in [0.2, 0.25) is 0 Å². The highest BCUT2D eigenvalue weighted by Gasteiger charge is 2.00. The standard InChI is InChI=1S/C11H20O3/c1-2-3-4-5-6-7-8-9-11(13)14-10-12/h10H,2-9H2,1H3. The van der Waals surface area contributed by atoms with Crippen LogP contribution in [0.15, 0.2) is 0 Å². The van der Waals surface area contributed by atoms with Crippen LogP contribution >= 0.6 is 0 Å². The number of hydrogen-bond donors (Lipinski definition) is 0. The largest absolute Gasteiger partial charge is 0.395 e. The minimum Gasteiger partial charge on any atom is -0.395 e. The molecule has 0 aliphatic rings. The molecule has 0 rings (SSSR count). The average molecular weight is 200 g/mol. The third kappa shape index (κ3) is 9.23. The van der Waals surface area contributed by atoms with Gasteiger partial charge in [-0.05, 0) is 6.42 Å². The second-order valence-corrected chi connectivity index (χ2v) is 3.46. The summed E-state index contributed by atoms with van der Waals surface area (Å²) in [4.78, 5) is 20.5. The minimum absolute atomic E-state index is 0.198. The third-order valence-electron chi connectivity index (χ3n) is 2.16. The third-order valence-corrected chi connectivity index (χ3v) is 2.16. The molecule has 0 unspecified atom stereocenters. The van der Waals surface area contributed by atoms with Crippen LogP contribution in [0.1, 0.15) is 58.3 Å². The number of esters is 1. The van der Waals surface area contributed by atoms with Crippen molar-refractivity contribution in [2.24, 2.45) is 0 Å². The monoisotopic (exact) mass is 200 g/mol. The Balaban J connectivity index is 3.05. The van der Waals surface area contributed by atoms with Crippen LogP contribution in [-0.2, 0) is 14.3 Å². The normalized spacial score (nSPS) is 9.79. The molecule has 0 aromatic rings. The Hall–Kier alpha value is -0.860. The molecule has 0 amide bonds. The van der Waals surface area contributed by atoms with Gasteiger partial charge in [-0.25, -0.2) is 0 Å². The van der Waals surface area contributed by atoms with E-state index in [-0.39, 0.29) is 6.47 Å². The first-order chi connectivity index (χ1) is 6.81. The Morgan fingerprint density at radius 3 is 2.21 bits per heavy atom. The van der Waals surface area contributed by atoms with Gasteiger partial charge in [0.1, 0.15) is 0 Å². The second-order valence-electron chi connectivity index (χ2n) is 3.46. The number of carbonyl (C=O) groups excluding carboxylic acids is 2. The molecule has 0 saturated heterocycles. The average Bonchev–Trinajstić information content (AvgIpc) is 2.17. The molecular formula is C11H20O3. The van der Waals surface area contributed by atoms with Crippen molar-refractivity contribution in [1.82, 2.24) is 0 Å². The van der Waals surface area contributed by atoms with Crippen LogP contribution in [0.5, 0.6) is 0 Å². The van der Waals surface area contributed by atoms with Crippen molar-refractivity contribution in [3.05, 3.63) is 0 Å². The maximum absolute atomic E-state index is 10.7. The topological polar surface area (TPSA) is 43.4 Å². The van der Waals surface area contributed by atoms with Crippen LogP contribution in [0.3, 0.4) is 0 Å². The molecule has 0 aliphatic heterocycles. The second kappa shape index (κ2) is 10.2. The number of ether oxygens (including phenoxy) is 1. The summed E-state index contributed by atoms with van der Waals surface area (Å²) >= 11 is 0. The molecule has 3 heteroatoms. The van der Waals surface area contributed by atoms with Crippen LogP contribution in [-0.4, -0.2) is 12.4 Å². The Morgan fingerprint density at radius 1 is 1.07 bits per heavy atom. The zero-order chi connectivity index (χ0) is 10.6. The van der Waals surface area contributed by atoms with Crippen LogP contribution in [0.25, 0.3) is 0 Å². The quantitative estimate of drug-likeness (QED) is 0.249. The maximum atomic E-state index is 10.7. The molecule has 3 nitrogen and oxygen atoms in total. The van der Waals surface area contributed by atoms with Crippen molar-refractivity contribution < 1.29 is 14.3 Å². The van der Waals surface area contributed by atoms with E-state index in [0.717, 1.165) is 12.8 Å². The summed E-state index contributed by atoms with van der Waals surface area (Å²) in [5.41, 5.74) is 0. The van der Waals surface area contributed by atoms with Gasteiger partial charge >= 0.3 is 12.4 Å². The maximum Gasteiger partial charge on any atom is 0.313 e. The number of carbonyl (C=O) groups is 2. The highest BCUT2D eigenvalue weighted by Crippen LogP contribution is 2.08. The summed E-state index contributed by atoms with van der Waals surface area (Å²) in [6.07, 6.45) is 8.52.